The number of rotatable bonds is 3. The minimum atomic E-state index is -4.33. The first-order chi connectivity index (χ1) is 11.8. The number of hydrogen-bond acceptors (Lipinski definition) is 2. The molecule has 1 heterocycles. The summed E-state index contributed by atoms with van der Waals surface area (Å²) in [5, 5.41) is 3.19. The highest BCUT2D eigenvalue weighted by Crippen LogP contribution is 2.29. The third-order valence-electron chi connectivity index (χ3n) is 4.05. The molecule has 1 aromatic carbocycles. The Morgan fingerprint density at radius 1 is 1.12 bits per heavy atom. The zero-order chi connectivity index (χ0) is 18.4. The number of carbonyl (C=O) groups excluding carboxylic acids is 1. The molecule has 146 valence electrons. The number of nitrogens with zero attached hydrogens (tertiary/aromatic N) is 3. The number of carbonyl (C=O) groups is 1. The first-order valence-electron chi connectivity index (χ1n) is 8.26. The van der Waals surface area contributed by atoms with Gasteiger partial charge in [0.1, 0.15) is 0 Å². The van der Waals surface area contributed by atoms with Crippen LogP contribution in [-0.2, 0) is 17.5 Å². The van der Waals surface area contributed by atoms with E-state index < -0.39 is 11.7 Å². The van der Waals surface area contributed by atoms with Crippen LogP contribution in [-0.4, -0.2) is 54.4 Å². The molecule has 1 aliphatic rings. The van der Waals surface area contributed by atoms with Gasteiger partial charge in [-0.2, -0.15) is 13.2 Å². The van der Waals surface area contributed by atoms with Gasteiger partial charge >= 0.3 is 6.18 Å². The molecule has 1 amide bonds. The van der Waals surface area contributed by atoms with Gasteiger partial charge in [0.2, 0.25) is 5.91 Å². The largest absolute Gasteiger partial charge is 0.416 e. The topological polar surface area (TPSA) is 47.9 Å². The molecule has 1 aliphatic heterocycles. The first-order valence-corrected chi connectivity index (χ1v) is 8.26. The van der Waals surface area contributed by atoms with Crippen molar-refractivity contribution in [1.82, 2.24) is 15.1 Å². The summed E-state index contributed by atoms with van der Waals surface area (Å²) in [6.07, 6.45) is -4.33. The number of benzene rings is 1. The van der Waals surface area contributed by atoms with Gasteiger partial charge in [0.25, 0.3) is 0 Å². The Bertz CT molecular complexity index is 611. The SMILES string of the molecule is CCNC(=NCc1ccc(C(F)(F)F)cc1)N1CCN(C(C)=O)CC1.I. The molecule has 1 saturated heterocycles. The molecule has 1 N–H and O–H groups in total. The highest BCUT2D eigenvalue weighted by molar-refractivity contribution is 14.0. The molecule has 26 heavy (non-hydrogen) atoms. The summed E-state index contributed by atoms with van der Waals surface area (Å²) in [6, 6.07) is 5.04. The average molecular weight is 484 g/mol. The molecule has 1 aromatic rings. The van der Waals surface area contributed by atoms with Crippen LogP contribution in [0.2, 0.25) is 0 Å². The summed E-state index contributed by atoms with van der Waals surface area (Å²) < 4.78 is 37.8. The smallest absolute Gasteiger partial charge is 0.357 e. The number of amides is 1. The molecule has 2 rings (SSSR count). The highest BCUT2D eigenvalue weighted by atomic mass is 127. The molecule has 0 aromatic heterocycles. The Kier molecular flexibility index (Phi) is 8.65. The first kappa shape index (κ1) is 22.5. The number of aliphatic imine (C=N–C) groups is 1. The number of nitrogens with one attached hydrogen (secondary N) is 1. The molecule has 0 aliphatic carbocycles. The minimum absolute atomic E-state index is 0. The van der Waals surface area contributed by atoms with Crippen LogP contribution >= 0.6 is 24.0 Å². The van der Waals surface area contributed by atoms with Gasteiger partial charge in [0.15, 0.2) is 5.96 Å². The van der Waals surface area contributed by atoms with Crippen LogP contribution in [0.4, 0.5) is 13.2 Å². The van der Waals surface area contributed by atoms with Gasteiger partial charge in [-0.05, 0) is 24.6 Å². The molecule has 0 radical (unpaired) electrons. The van der Waals surface area contributed by atoms with Crippen molar-refractivity contribution in [1.29, 1.82) is 0 Å². The molecule has 0 saturated carbocycles. The Morgan fingerprint density at radius 2 is 1.65 bits per heavy atom. The molecule has 0 unspecified atom stereocenters. The summed E-state index contributed by atoms with van der Waals surface area (Å²) in [6.45, 7) is 7.14. The van der Waals surface area contributed by atoms with E-state index >= 15 is 0 Å². The van der Waals surface area contributed by atoms with Crippen molar-refractivity contribution in [3.8, 4) is 0 Å². The molecule has 0 atom stereocenters. The minimum Gasteiger partial charge on any atom is -0.357 e. The van der Waals surface area contributed by atoms with Gasteiger partial charge in [-0.3, -0.25) is 4.79 Å². The summed E-state index contributed by atoms with van der Waals surface area (Å²) in [5.74, 6) is 0.775. The second kappa shape index (κ2) is 9.98. The van der Waals surface area contributed by atoms with E-state index in [1.54, 1.807) is 11.8 Å². The van der Waals surface area contributed by atoms with E-state index in [9.17, 15) is 18.0 Å². The van der Waals surface area contributed by atoms with Crippen LogP contribution in [0.1, 0.15) is 25.0 Å². The van der Waals surface area contributed by atoms with Crippen molar-refractivity contribution in [3.63, 3.8) is 0 Å². The van der Waals surface area contributed by atoms with Crippen molar-refractivity contribution in [2.75, 3.05) is 32.7 Å². The fourth-order valence-corrected chi connectivity index (χ4v) is 2.62. The predicted molar refractivity (Wildman–Crippen MR) is 106 cm³/mol. The lowest BCUT2D eigenvalue weighted by molar-refractivity contribution is -0.137. The molecular formula is C17H24F3IN4O. The van der Waals surface area contributed by atoms with E-state index in [1.165, 1.54) is 12.1 Å². The number of alkyl halides is 3. The van der Waals surface area contributed by atoms with Crippen LogP contribution < -0.4 is 5.32 Å². The number of piperazine rings is 1. The van der Waals surface area contributed by atoms with Crippen LogP contribution in [0.15, 0.2) is 29.3 Å². The van der Waals surface area contributed by atoms with Gasteiger partial charge in [-0.1, -0.05) is 12.1 Å². The standard InChI is InChI=1S/C17H23F3N4O.HI/c1-3-21-16(24-10-8-23(9-11-24)13(2)25)22-12-14-4-6-15(7-5-14)17(18,19)20;/h4-7H,3,8-12H2,1-2H3,(H,21,22);1H. The zero-order valence-electron chi connectivity index (χ0n) is 14.8. The summed E-state index contributed by atoms with van der Waals surface area (Å²) in [4.78, 5) is 19.8. The number of guanidine groups is 1. The Morgan fingerprint density at radius 3 is 2.12 bits per heavy atom. The average Bonchev–Trinajstić information content (AvgIpc) is 2.58. The third-order valence-corrected chi connectivity index (χ3v) is 4.05. The van der Waals surface area contributed by atoms with Crippen LogP contribution in [0, 0.1) is 0 Å². The van der Waals surface area contributed by atoms with Crippen molar-refractivity contribution >= 4 is 35.8 Å². The Hall–Kier alpha value is -1.52. The number of hydrogen-bond donors (Lipinski definition) is 1. The van der Waals surface area contributed by atoms with Gasteiger partial charge in [-0.15, -0.1) is 24.0 Å². The Balaban J connectivity index is 0.00000338. The van der Waals surface area contributed by atoms with E-state index in [0.717, 1.165) is 12.1 Å². The fraction of sp³-hybridized carbons (Fsp3) is 0.529. The molecule has 0 spiro atoms. The van der Waals surface area contributed by atoms with Crippen molar-refractivity contribution in [2.45, 2.75) is 26.6 Å². The second-order valence-corrected chi connectivity index (χ2v) is 5.86. The molecule has 0 bridgehead atoms. The summed E-state index contributed by atoms with van der Waals surface area (Å²) in [7, 11) is 0. The fourth-order valence-electron chi connectivity index (χ4n) is 2.62. The molecule has 5 nitrogen and oxygen atoms in total. The second-order valence-electron chi connectivity index (χ2n) is 5.86. The maximum absolute atomic E-state index is 12.6. The van der Waals surface area contributed by atoms with Crippen molar-refractivity contribution in [2.24, 2.45) is 4.99 Å². The van der Waals surface area contributed by atoms with Gasteiger partial charge < -0.3 is 15.1 Å². The van der Waals surface area contributed by atoms with Crippen LogP contribution in [0.5, 0.6) is 0 Å². The molecular weight excluding hydrogens is 460 g/mol. The maximum Gasteiger partial charge on any atom is 0.416 e. The van der Waals surface area contributed by atoms with E-state index in [2.05, 4.69) is 15.2 Å². The Labute approximate surface area is 168 Å². The van der Waals surface area contributed by atoms with Gasteiger partial charge in [0.05, 0.1) is 12.1 Å². The number of halogens is 4. The maximum atomic E-state index is 12.6. The predicted octanol–water partition coefficient (Wildman–Crippen LogP) is 2.95. The van der Waals surface area contributed by atoms with E-state index in [4.69, 9.17) is 0 Å². The third kappa shape index (κ3) is 6.33. The van der Waals surface area contributed by atoms with Crippen molar-refractivity contribution < 1.29 is 18.0 Å². The monoisotopic (exact) mass is 484 g/mol. The normalized spacial score (nSPS) is 15.5. The van der Waals surface area contributed by atoms with Gasteiger partial charge in [0, 0.05) is 39.6 Å². The zero-order valence-corrected chi connectivity index (χ0v) is 17.2. The molecule has 9 heteroatoms. The van der Waals surface area contributed by atoms with E-state index in [0.29, 0.717) is 50.8 Å². The van der Waals surface area contributed by atoms with Crippen LogP contribution in [0.3, 0.4) is 0 Å². The highest BCUT2D eigenvalue weighted by Gasteiger charge is 2.29. The van der Waals surface area contributed by atoms with E-state index in [-0.39, 0.29) is 29.9 Å². The van der Waals surface area contributed by atoms with Crippen LogP contribution in [0.25, 0.3) is 0 Å². The quantitative estimate of drug-likeness (QED) is 0.408. The van der Waals surface area contributed by atoms with Gasteiger partial charge in [-0.25, -0.2) is 4.99 Å². The summed E-state index contributed by atoms with van der Waals surface area (Å²) >= 11 is 0. The van der Waals surface area contributed by atoms with E-state index in [1.807, 2.05) is 6.92 Å². The lowest BCUT2D eigenvalue weighted by atomic mass is 10.1. The van der Waals surface area contributed by atoms with Crippen molar-refractivity contribution in [3.05, 3.63) is 35.4 Å². The lowest BCUT2D eigenvalue weighted by Gasteiger charge is -2.36. The lowest BCUT2D eigenvalue weighted by Crippen LogP contribution is -2.53. The molecule has 1 fully saturated rings. The summed E-state index contributed by atoms with van der Waals surface area (Å²) in [5.41, 5.74) is 0.0539.